The molecule has 1 aliphatic heterocycles. The number of carbonyl (C=O) groups is 1. The van der Waals surface area contributed by atoms with Crippen LogP contribution in [-0.4, -0.2) is 56.0 Å². The second-order valence-corrected chi connectivity index (χ2v) is 8.33. The number of pyridine rings is 1. The molecule has 3 aromatic rings. The van der Waals surface area contributed by atoms with Crippen molar-refractivity contribution in [2.24, 2.45) is 0 Å². The van der Waals surface area contributed by atoms with E-state index < -0.39 is 12.7 Å². The van der Waals surface area contributed by atoms with Gasteiger partial charge in [-0.25, -0.2) is 4.79 Å². The van der Waals surface area contributed by atoms with Gasteiger partial charge in [0.15, 0.2) is 6.10 Å². The first-order valence-electron chi connectivity index (χ1n) is 10.2. The van der Waals surface area contributed by atoms with Crippen molar-refractivity contribution >= 4 is 40.5 Å². The first kappa shape index (κ1) is 23.2. The highest BCUT2D eigenvalue weighted by Crippen LogP contribution is 2.31. The van der Waals surface area contributed by atoms with E-state index in [4.69, 9.17) is 32.7 Å². The van der Waals surface area contributed by atoms with E-state index in [2.05, 4.69) is 20.5 Å². The van der Waals surface area contributed by atoms with Gasteiger partial charge >= 0.3 is 6.03 Å². The molecule has 2 amide bonds. The summed E-state index contributed by atoms with van der Waals surface area (Å²) < 4.78 is 5.36. The van der Waals surface area contributed by atoms with E-state index in [9.17, 15) is 9.90 Å². The van der Waals surface area contributed by atoms with Gasteiger partial charge in [0.05, 0.1) is 22.9 Å². The van der Waals surface area contributed by atoms with Crippen molar-refractivity contribution in [1.29, 1.82) is 0 Å². The van der Waals surface area contributed by atoms with E-state index in [0.29, 0.717) is 46.5 Å². The Balaban J connectivity index is 1.43. The molecule has 1 aromatic carbocycles. The molecule has 11 heteroatoms. The fourth-order valence-electron chi connectivity index (χ4n) is 3.30. The second kappa shape index (κ2) is 9.88. The fourth-order valence-corrected chi connectivity index (χ4v) is 3.77. The lowest BCUT2D eigenvalue weighted by molar-refractivity contribution is 0.0736. The summed E-state index contributed by atoms with van der Waals surface area (Å²) in [5.74, 6) is 0.0455. The molecule has 9 nitrogen and oxygen atoms in total. The number of aryl methyl sites for hydroxylation is 1. The first-order valence-corrected chi connectivity index (χ1v) is 10.9. The van der Waals surface area contributed by atoms with E-state index in [-0.39, 0.29) is 17.8 Å². The maximum Gasteiger partial charge on any atom is 0.322 e. The number of hydrogen-bond acceptors (Lipinski definition) is 7. The molecule has 1 atom stereocenters. The van der Waals surface area contributed by atoms with Gasteiger partial charge in [-0.1, -0.05) is 35.3 Å². The Morgan fingerprint density at radius 2 is 2.09 bits per heavy atom. The minimum atomic E-state index is -1.25. The molecule has 33 heavy (non-hydrogen) atoms. The van der Waals surface area contributed by atoms with Crippen LogP contribution in [0.15, 0.2) is 41.0 Å². The van der Waals surface area contributed by atoms with E-state index >= 15 is 0 Å². The van der Waals surface area contributed by atoms with Crippen molar-refractivity contribution in [3.63, 3.8) is 0 Å². The van der Waals surface area contributed by atoms with Crippen LogP contribution in [0.25, 0.3) is 17.0 Å². The number of anilines is 1. The highest BCUT2D eigenvalue weighted by molar-refractivity contribution is 6.32. The van der Waals surface area contributed by atoms with Crippen LogP contribution in [0.2, 0.25) is 10.0 Å². The van der Waals surface area contributed by atoms with Crippen molar-refractivity contribution in [1.82, 2.24) is 20.1 Å². The highest BCUT2D eigenvalue weighted by atomic mass is 35.5. The van der Waals surface area contributed by atoms with Gasteiger partial charge in [-0.2, -0.15) is 0 Å². The Bertz CT molecular complexity index is 1210. The molecule has 0 saturated carbocycles. The molecule has 0 saturated heterocycles. The molecule has 2 aromatic heterocycles. The zero-order chi connectivity index (χ0) is 23.5. The molecule has 0 spiro atoms. The Kier molecular flexibility index (Phi) is 6.94. The van der Waals surface area contributed by atoms with E-state index in [1.807, 2.05) is 25.1 Å². The lowest BCUT2D eigenvalue weighted by atomic mass is 10.0. The number of rotatable bonds is 5. The number of aliphatic hydroxyl groups excluding tert-OH is 2. The lowest BCUT2D eigenvalue weighted by Crippen LogP contribution is -2.38. The van der Waals surface area contributed by atoms with Crippen LogP contribution in [0.3, 0.4) is 0 Å². The minimum Gasteiger partial charge on any atom is -0.418 e. The number of benzene rings is 1. The smallest absolute Gasteiger partial charge is 0.322 e. The van der Waals surface area contributed by atoms with Crippen molar-refractivity contribution in [2.45, 2.75) is 19.4 Å². The van der Waals surface area contributed by atoms with Crippen molar-refractivity contribution in [3.05, 3.63) is 63.7 Å². The van der Waals surface area contributed by atoms with Crippen LogP contribution in [0.4, 0.5) is 10.5 Å². The molecule has 0 radical (unpaired) electrons. The van der Waals surface area contributed by atoms with Gasteiger partial charge in [0.1, 0.15) is 0 Å². The molecule has 0 aliphatic carbocycles. The number of halogens is 2. The lowest BCUT2D eigenvalue weighted by Gasteiger charge is -2.27. The van der Waals surface area contributed by atoms with E-state index in [0.717, 1.165) is 11.1 Å². The number of aliphatic hydroxyl groups is 2. The van der Waals surface area contributed by atoms with Gasteiger partial charge in [0, 0.05) is 30.0 Å². The summed E-state index contributed by atoms with van der Waals surface area (Å²) in [5.41, 5.74) is 3.61. The summed E-state index contributed by atoms with van der Waals surface area (Å²) in [6, 6.07) is 6.83. The van der Waals surface area contributed by atoms with Gasteiger partial charge in [-0.05, 0) is 42.7 Å². The number of amides is 2. The van der Waals surface area contributed by atoms with Crippen molar-refractivity contribution in [3.8, 4) is 11.5 Å². The van der Waals surface area contributed by atoms with Gasteiger partial charge in [0.2, 0.25) is 11.8 Å². The average molecular weight is 490 g/mol. The maximum atomic E-state index is 12.6. The summed E-state index contributed by atoms with van der Waals surface area (Å²) in [6.07, 6.45) is 2.80. The number of carbonyl (C=O) groups excluding carboxylic acids is 1. The van der Waals surface area contributed by atoms with Crippen LogP contribution in [0.5, 0.6) is 0 Å². The Morgan fingerprint density at radius 1 is 1.27 bits per heavy atom. The summed E-state index contributed by atoms with van der Waals surface area (Å²) in [7, 11) is 0. The minimum absolute atomic E-state index is 0.0889. The molecular weight excluding hydrogens is 469 g/mol. The normalized spacial score (nSPS) is 14.7. The molecule has 0 unspecified atom stereocenters. The number of nitrogens with zero attached hydrogens (tertiary/aromatic N) is 4. The molecule has 4 rings (SSSR count). The largest absolute Gasteiger partial charge is 0.418 e. The summed E-state index contributed by atoms with van der Waals surface area (Å²) in [5, 5.41) is 30.0. The van der Waals surface area contributed by atoms with Crippen LogP contribution >= 0.6 is 23.2 Å². The highest BCUT2D eigenvalue weighted by Gasteiger charge is 2.21. The van der Waals surface area contributed by atoms with Gasteiger partial charge in [-0.3, -0.25) is 4.98 Å². The SMILES string of the molecule is Cc1ccc(NC(=O)N2CC=C(c3ncc(-c4nnc([C@@H](O)CO)o4)cc3Cl)CC2)cc1Cl. The molecule has 3 N–H and O–H groups in total. The van der Waals surface area contributed by atoms with Crippen LogP contribution in [0, 0.1) is 6.92 Å². The van der Waals surface area contributed by atoms with Gasteiger partial charge in [-0.15, -0.1) is 10.2 Å². The summed E-state index contributed by atoms with van der Waals surface area (Å²) in [6.45, 7) is 2.29. The second-order valence-electron chi connectivity index (χ2n) is 7.52. The van der Waals surface area contributed by atoms with Gasteiger partial charge < -0.3 is 24.8 Å². The van der Waals surface area contributed by atoms with E-state index in [1.165, 1.54) is 0 Å². The molecule has 172 valence electrons. The maximum absolute atomic E-state index is 12.6. The Hall–Kier alpha value is -2.98. The molecule has 3 heterocycles. The fraction of sp³-hybridized carbons (Fsp3) is 0.273. The number of aromatic nitrogens is 3. The van der Waals surface area contributed by atoms with Crippen molar-refractivity contribution in [2.75, 3.05) is 25.0 Å². The average Bonchev–Trinajstić information content (AvgIpc) is 3.31. The number of urea groups is 1. The van der Waals surface area contributed by atoms with Gasteiger partial charge in [0.25, 0.3) is 0 Å². The van der Waals surface area contributed by atoms with Crippen LogP contribution < -0.4 is 5.32 Å². The predicted octanol–water partition coefficient (Wildman–Crippen LogP) is 4.09. The summed E-state index contributed by atoms with van der Waals surface area (Å²) in [4.78, 5) is 18.7. The quantitative estimate of drug-likeness (QED) is 0.492. The third-order valence-corrected chi connectivity index (χ3v) is 5.91. The number of nitrogens with one attached hydrogen (secondary N) is 1. The topological polar surface area (TPSA) is 125 Å². The number of hydrogen-bond donors (Lipinski definition) is 3. The van der Waals surface area contributed by atoms with Crippen LogP contribution in [0.1, 0.15) is 29.7 Å². The molecule has 1 aliphatic rings. The van der Waals surface area contributed by atoms with E-state index in [1.54, 1.807) is 23.2 Å². The van der Waals surface area contributed by atoms with Crippen molar-refractivity contribution < 1.29 is 19.4 Å². The van der Waals surface area contributed by atoms with Crippen LogP contribution in [-0.2, 0) is 0 Å². The molecule has 0 fully saturated rings. The Labute approximate surface area is 199 Å². The predicted molar refractivity (Wildman–Crippen MR) is 124 cm³/mol. The monoisotopic (exact) mass is 489 g/mol. The zero-order valence-electron chi connectivity index (χ0n) is 17.6. The third kappa shape index (κ3) is 5.17. The first-order chi connectivity index (χ1) is 15.9. The third-order valence-electron chi connectivity index (χ3n) is 5.21. The Morgan fingerprint density at radius 3 is 2.76 bits per heavy atom. The summed E-state index contributed by atoms with van der Waals surface area (Å²) >= 11 is 12.6. The molecular formula is C22H21Cl2N5O4. The standard InChI is InChI=1S/C22H21Cl2N5O4/c1-12-2-3-15(9-16(12)23)26-22(32)29-6-4-13(5-7-29)19-17(24)8-14(10-25-19)20-27-28-21(33-20)18(31)11-30/h2-4,8-10,18,30-31H,5-7,11H2,1H3,(H,26,32)/t18-/m0/s1. The zero-order valence-corrected chi connectivity index (χ0v) is 19.1. The molecule has 0 bridgehead atoms.